The standard InChI is InChI=1S/C22H17Cl2F3N6O/c23-14-3-1-2-13(10-14)12-34-31-16-6-8-32(9-7-16)19-20-29-30-21(22(25,26)27)33(20)18-11-15(24)4-5-17(18)28-19/h1-5,10-11H,6-9,12H2. The summed E-state index contributed by atoms with van der Waals surface area (Å²) in [4.78, 5) is 11.9. The normalized spacial score (nSPS) is 14.7. The van der Waals surface area contributed by atoms with Crippen LogP contribution in [0.25, 0.3) is 16.7 Å². The molecule has 0 saturated carbocycles. The number of halogens is 5. The Labute approximate surface area is 201 Å². The van der Waals surface area contributed by atoms with E-state index < -0.39 is 12.0 Å². The Morgan fingerprint density at radius 1 is 1.00 bits per heavy atom. The second-order valence-electron chi connectivity index (χ2n) is 7.80. The van der Waals surface area contributed by atoms with Crippen molar-refractivity contribution in [3.05, 3.63) is 63.9 Å². The van der Waals surface area contributed by atoms with Crippen molar-refractivity contribution in [2.45, 2.75) is 25.6 Å². The van der Waals surface area contributed by atoms with E-state index in [0.29, 0.717) is 53.9 Å². The van der Waals surface area contributed by atoms with E-state index in [9.17, 15) is 13.2 Å². The van der Waals surface area contributed by atoms with E-state index in [0.717, 1.165) is 15.7 Å². The van der Waals surface area contributed by atoms with Crippen molar-refractivity contribution in [2.24, 2.45) is 5.16 Å². The van der Waals surface area contributed by atoms with E-state index in [1.165, 1.54) is 6.07 Å². The number of benzene rings is 2. The predicted octanol–water partition coefficient (Wildman–Crippen LogP) is 5.78. The molecule has 2 aromatic heterocycles. The van der Waals surface area contributed by atoms with Crippen molar-refractivity contribution >= 4 is 51.4 Å². The largest absolute Gasteiger partial charge is 0.452 e. The smallest absolute Gasteiger partial charge is 0.391 e. The van der Waals surface area contributed by atoms with Gasteiger partial charge in [0, 0.05) is 36.0 Å². The molecule has 0 spiro atoms. The number of aromatic nitrogens is 4. The van der Waals surface area contributed by atoms with Gasteiger partial charge in [0.1, 0.15) is 6.61 Å². The first-order valence-corrected chi connectivity index (χ1v) is 11.1. The molecular formula is C22H17Cl2F3N6O. The second-order valence-corrected chi connectivity index (χ2v) is 8.67. The number of hydrogen-bond donors (Lipinski definition) is 0. The highest BCUT2D eigenvalue weighted by atomic mass is 35.5. The molecule has 1 saturated heterocycles. The highest BCUT2D eigenvalue weighted by molar-refractivity contribution is 6.31. The number of anilines is 1. The third-order valence-electron chi connectivity index (χ3n) is 5.48. The maximum absolute atomic E-state index is 13.6. The summed E-state index contributed by atoms with van der Waals surface area (Å²) in [6.07, 6.45) is -3.54. The molecule has 1 aliphatic rings. The molecule has 1 aliphatic heterocycles. The van der Waals surface area contributed by atoms with Crippen LogP contribution in [0.4, 0.5) is 19.0 Å². The third-order valence-corrected chi connectivity index (χ3v) is 5.95. The number of alkyl halides is 3. The lowest BCUT2D eigenvalue weighted by molar-refractivity contribution is -0.145. The molecular weight excluding hydrogens is 492 g/mol. The number of oxime groups is 1. The van der Waals surface area contributed by atoms with E-state index in [1.807, 2.05) is 23.1 Å². The highest BCUT2D eigenvalue weighted by Crippen LogP contribution is 2.34. The van der Waals surface area contributed by atoms with Crippen LogP contribution in [0.5, 0.6) is 0 Å². The van der Waals surface area contributed by atoms with Gasteiger partial charge in [0.25, 0.3) is 0 Å². The van der Waals surface area contributed by atoms with E-state index in [2.05, 4.69) is 20.3 Å². The number of fused-ring (bicyclic) bond motifs is 3. The molecule has 0 N–H and O–H groups in total. The van der Waals surface area contributed by atoms with Crippen LogP contribution in [0, 0.1) is 0 Å². The molecule has 4 aromatic rings. The molecule has 0 aliphatic carbocycles. The Balaban J connectivity index is 1.39. The summed E-state index contributed by atoms with van der Waals surface area (Å²) in [5, 5.41) is 12.4. The fourth-order valence-electron chi connectivity index (χ4n) is 3.88. The van der Waals surface area contributed by atoms with Gasteiger partial charge in [-0.2, -0.15) is 13.2 Å². The molecule has 7 nitrogen and oxygen atoms in total. The Kier molecular flexibility index (Phi) is 5.95. The molecule has 0 atom stereocenters. The Bertz CT molecular complexity index is 1390. The number of hydrogen-bond acceptors (Lipinski definition) is 6. The lowest BCUT2D eigenvalue weighted by Gasteiger charge is -2.28. The predicted molar refractivity (Wildman–Crippen MR) is 123 cm³/mol. The van der Waals surface area contributed by atoms with Gasteiger partial charge in [-0.05, 0) is 35.9 Å². The van der Waals surface area contributed by atoms with Crippen molar-refractivity contribution in [3.63, 3.8) is 0 Å². The first kappa shape index (κ1) is 22.7. The fourth-order valence-corrected chi connectivity index (χ4v) is 4.26. The van der Waals surface area contributed by atoms with Crippen LogP contribution in [0.15, 0.2) is 47.6 Å². The van der Waals surface area contributed by atoms with Gasteiger partial charge in [-0.15, -0.1) is 10.2 Å². The van der Waals surface area contributed by atoms with E-state index in [-0.39, 0.29) is 11.2 Å². The molecule has 12 heteroatoms. The Morgan fingerprint density at radius 3 is 2.50 bits per heavy atom. The second kappa shape index (κ2) is 8.92. The minimum atomic E-state index is -4.69. The maximum Gasteiger partial charge on any atom is 0.452 e. The topological polar surface area (TPSA) is 67.9 Å². The molecule has 0 bridgehead atoms. The average Bonchev–Trinajstić information content (AvgIpc) is 3.26. The van der Waals surface area contributed by atoms with Crippen molar-refractivity contribution in [2.75, 3.05) is 18.0 Å². The van der Waals surface area contributed by atoms with Crippen LogP contribution in [-0.4, -0.2) is 38.4 Å². The van der Waals surface area contributed by atoms with Gasteiger partial charge in [-0.25, -0.2) is 4.98 Å². The van der Waals surface area contributed by atoms with E-state index in [4.69, 9.17) is 28.0 Å². The van der Waals surface area contributed by atoms with Crippen molar-refractivity contribution < 1.29 is 18.0 Å². The molecule has 0 amide bonds. The highest BCUT2D eigenvalue weighted by Gasteiger charge is 2.38. The summed E-state index contributed by atoms with van der Waals surface area (Å²) >= 11 is 12.0. The zero-order chi connectivity index (χ0) is 23.9. The van der Waals surface area contributed by atoms with Gasteiger partial charge in [0.05, 0.1) is 16.7 Å². The van der Waals surface area contributed by atoms with Crippen LogP contribution < -0.4 is 4.90 Å². The maximum atomic E-state index is 13.6. The zero-order valence-corrected chi connectivity index (χ0v) is 19.1. The quantitative estimate of drug-likeness (QED) is 0.327. The molecule has 2 aromatic carbocycles. The van der Waals surface area contributed by atoms with Crippen LogP contribution in [0.1, 0.15) is 24.2 Å². The molecule has 176 valence electrons. The van der Waals surface area contributed by atoms with E-state index in [1.54, 1.807) is 18.2 Å². The molecule has 5 rings (SSSR count). The van der Waals surface area contributed by atoms with Crippen LogP contribution >= 0.6 is 23.2 Å². The first-order chi connectivity index (χ1) is 16.3. The molecule has 3 heterocycles. The molecule has 0 unspecified atom stereocenters. The number of piperidine rings is 1. The third kappa shape index (κ3) is 4.47. The number of nitrogens with zero attached hydrogens (tertiary/aromatic N) is 6. The monoisotopic (exact) mass is 508 g/mol. The summed E-state index contributed by atoms with van der Waals surface area (Å²) < 4.78 is 41.9. The lowest BCUT2D eigenvalue weighted by atomic mass is 10.1. The SMILES string of the molecule is FC(F)(F)c1nnc2c(N3CCC(=NOCc4cccc(Cl)c4)CC3)nc3ccc(Cl)cc3n12. The number of rotatable bonds is 4. The Morgan fingerprint density at radius 2 is 1.76 bits per heavy atom. The molecule has 1 fully saturated rings. The minimum Gasteiger partial charge on any atom is -0.391 e. The van der Waals surface area contributed by atoms with Gasteiger partial charge in [-0.1, -0.05) is 40.5 Å². The zero-order valence-electron chi connectivity index (χ0n) is 17.6. The molecule has 0 radical (unpaired) electrons. The fraction of sp³-hybridized carbons (Fsp3) is 0.273. The van der Waals surface area contributed by atoms with Crippen molar-refractivity contribution in [1.82, 2.24) is 19.6 Å². The van der Waals surface area contributed by atoms with Gasteiger partial charge in [0.15, 0.2) is 5.82 Å². The van der Waals surface area contributed by atoms with Crippen LogP contribution in [-0.2, 0) is 17.6 Å². The van der Waals surface area contributed by atoms with Crippen molar-refractivity contribution in [3.8, 4) is 0 Å². The summed E-state index contributed by atoms with van der Waals surface area (Å²) in [5.41, 5.74) is 2.35. The molecule has 34 heavy (non-hydrogen) atoms. The van der Waals surface area contributed by atoms with Crippen molar-refractivity contribution in [1.29, 1.82) is 0 Å². The van der Waals surface area contributed by atoms with Gasteiger partial charge in [0.2, 0.25) is 11.5 Å². The van der Waals surface area contributed by atoms with Gasteiger partial charge >= 0.3 is 6.18 Å². The minimum absolute atomic E-state index is 0.0275. The lowest BCUT2D eigenvalue weighted by Crippen LogP contribution is -2.35. The summed E-state index contributed by atoms with van der Waals surface area (Å²) in [7, 11) is 0. The average molecular weight is 509 g/mol. The van der Waals surface area contributed by atoms with Crippen LogP contribution in [0.3, 0.4) is 0 Å². The summed E-state index contributed by atoms with van der Waals surface area (Å²) in [5.74, 6) is -0.788. The Hall–Kier alpha value is -3.11. The first-order valence-electron chi connectivity index (χ1n) is 10.4. The van der Waals surface area contributed by atoms with Crippen LogP contribution in [0.2, 0.25) is 10.0 Å². The summed E-state index contributed by atoms with van der Waals surface area (Å²) in [6, 6.07) is 11.9. The summed E-state index contributed by atoms with van der Waals surface area (Å²) in [6.45, 7) is 1.29. The van der Waals surface area contributed by atoms with Gasteiger partial charge in [-0.3, -0.25) is 4.40 Å². The van der Waals surface area contributed by atoms with E-state index >= 15 is 0 Å². The van der Waals surface area contributed by atoms with Gasteiger partial charge < -0.3 is 9.74 Å².